The molecule has 0 saturated carbocycles. The maximum atomic E-state index is 13.9. The molecule has 4 aromatic rings. The van der Waals surface area contributed by atoms with Gasteiger partial charge in [0.05, 0.1) is 4.90 Å². The highest BCUT2D eigenvalue weighted by Gasteiger charge is 2.32. The summed E-state index contributed by atoms with van der Waals surface area (Å²) in [6.07, 6.45) is 0. The molecular weight excluding hydrogens is 452 g/mol. The molecule has 0 radical (unpaired) electrons. The van der Waals surface area contributed by atoms with Crippen LogP contribution in [0.25, 0.3) is 22.1 Å². The molecule has 0 amide bonds. The van der Waals surface area contributed by atoms with Crippen LogP contribution in [0.3, 0.4) is 0 Å². The summed E-state index contributed by atoms with van der Waals surface area (Å²) in [6, 6.07) is 12.4. The second-order valence-corrected chi connectivity index (χ2v) is 9.56. The van der Waals surface area contributed by atoms with Gasteiger partial charge in [-0.15, -0.1) is 11.6 Å². The molecule has 0 saturated heterocycles. The topological polar surface area (TPSA) is 85.8 Å². The van der Waals surface area contributed by atoms with Gasteiger partial charge in [0.2, 0.25) is 0 Å². The average Bonchev–Trinajstić information content (AvgIpc) is 3.33. The Hall–Kier alpha value is -2.81. The Morgan fingerprint density at radius 1 is 1.09 bits per heavy atom. The lowest BCUT2D eigenvalue weighted by Crippen LogP contribution is -2.34. The van der Waals surface area contributed by atoms with Gasteiger partial charge in [-0.2, -0.15) is 0 Å². The fourth-order valence-corrected chi connectivity index (χ4v) is 5.48. The maximum absolute atomic E-state index is 13.9. The van der Waals surface area contributed by atoms with Crippen molar-refractivity contribution >= 4 is 38.4 Å². The first-order chi connectivity index (χ1) is 15.3. The van der Waals surface area contributed by atoms with Gasteiger partial charge in [-0.3, -0.25) is 0 Å². The lowest BCUT2D eigenvalue weighted by Gasteiger charge is -2.23. The molecule has 2 aromatic carbocycles. The van der Waals surface area contributed by atoms with Gasteiger partial charge in [-0.1, -0.05) is 35.5 Å². The van der Waals surface area contributed by atoms with Crippen LogP contribution in [0.2, 0.25) is 0 Å². The number of sulfonamides is 1. The predicted molar refractivity (Wildman–Crippen MR) is 123 cm³/mol. The quantitative estimate of drug-likeness (QED) is 0.258. The van der Waals surface area contributed by atoms with Crippen molar-refractivity contribution in [3.05, 3.63) is 65.1 Å². The largest absolute Gasteiger partial charge is 0.461 e. The van der Waals surface area contributed by atoms with Crippen molar-refractivity contribution in [1.29, 1.82) is 0 Å². The Kier molecular flexibility index (Phi) is 6.03. The molecule has 0 spiro atoms. The van der Waals surface area contributed by atoms with Crippen LogP contribution in [0.5, 0.6) is 0 Å². The van der Waals surface area contributed by atoms with Crippen molar-refractivity contribution in [3.63, 3.8) is 0 Å². The lowest BCUT2D eigenvalue weighted by atomic mass is 10.0. The smallest absolute Gasteiger partial charge is 0.268 e. The Bertz CT molecular complexity index is 1390. The maximum Gasteiger partial charge on any atom is 0.268 e. The molecule has 0 fully saturated rings. The van der Waals surface area contributed by atoms with Gasteiger partial charge in [-0.25, -0.2) is 12.7 Å². The molecule has 0 aliphatic rings. The first kappa shape index (κ1) is 22.4. The molecule has 32 heavy (non-hydrogen) atoms. The summed E-state index contributed by atoms with van der Waals surface area (Å²) in [5.41, 5.74) is 3.30. The Labute approximate surface area is 191 Å². The number of benzene rings is 2. The molecule has 0 bridgehead atoms. The van der Waals surface area contributed by atoms with Crippen LogP contribution in [0.4, 0.5) is 5.82 Å². The van der Waals surface area contributed by atoms with E-state index in [0.29, 0.717) is 39.7 Å². The van der Waals surface area contributed by atoms with Crippen molar-refractivity contribution in [2.45, 2.75) is 31.5 Å². The third kappa shape index (κ3) is 3.68. The molecule has 0 atom stereocenters. The molecule has 7 nitrogen and oxygen atoms in total. The van der Waals surface area contributed by atoms with Gasteiger partial charge in [-0.05, 0) is 38.5 Å². The summed E-state index contributed by atoms with van der Waals surface area (Å²) < 4.78 is 45.2. The number of hydrogen-bond acceptors (Lipinski definition) is 6. The summed E-state index contributed by atoms with van der Waals surface area (Å²) in [5.74, 6) is 1.76. The van der Waals surface area contributed by atoms with E-state index in [9.17, 15) is 8.42 Å². The van der Waals surface area contributed by atoms with Gasteiger partial charge in [0, 0.05) is 35.1 Å². The SMILES string of the molecule is COCN(c1noc(C)c1C)S(=O)(=O)c1ccccc1-c1ccc(CCl)c2cc(C)oc12. The zero-order valence-corrected chi connectivity index (χ0v) is 19.7. The van der Waals surface area contributed by atoms with E-state index in [1.165, 1.54) is 7.11 Å². The Morgan fingerprint density at radius 3 is 2.50 bits per heavy atom. The minimum Gasteiger partial charge on any atom is -0.461 e. The molecule has 2 aromatic heterocycles. The van der Waals surface area contributed by atoms with Crippen LogP contribution >= 0.6 is 11.6 Å². The van der Waals surface area contributed by atoms with Crippen molar-refractivity contribution in [1.82, 2.24) is 5.16 Å². The van der Waals surface area contributed by atoms with E-state index in [2.05, 4.69) is 5.16 Å². The number of aromatic nitrogens is 1. The summed E-state index contributed by atoms with van der Waals surface area (Å²) in [6.45, 7) is 5.11. The fraction of sp³-hybridized carbons (Fsp3) is 0.261. The summed E-state index contributed by atoms with van der Waals surface area (Å²) in [5, 5.41) is 4.82. The summed E-state index contributed by atoms with van der Waals surface area (Å²) in [7, 11) is -2.64. The number of aryl methyl sites for hydroxylation is 2. The number of halogens is 1. The predicted octanol–water partition coefficient (Wildman–Crippen LogP) is 5.55. The summed E-state index contributed by atoms with van der Waals surface area (Å²) in [4.78, 5) is 0.103. The number of rotatable bonds is 7. The van der Waals surface area contributed by atoms with Crippen LogP contribution in [0.1, 0.15) is 22.6 Å². The van der Waals surface area contributed by atoms with Crippen molar-refractivity contribution < 1.29 is 22.1 Å². The molecule has 0 aliphatic heterocycles. The number of methoxy groups -OCH3 is 1. The Balaban J connectivity index is 1.94. The van der Waals surface area contributed by atoms with Crippen LogP contribution in [-0.4, -0.2) is 27.4 Å². The van der Waals surface area contributed by atoms with E-state index in [0.717, 1.165) is 15.3 Å². The van der Waals surface area contributed by atoms with Crippen LogP contribution in [0.15, 0.2) is 56.3 Å². The monoisotopic (exact) mass is 474 g/mol. The minimum atomic E-state index is -4.06. The molecular formula is C23H23ClN2O5S. The van der Waals surface area contributed by atoms with Gasteiger partial charge in [0.25, 0.3) is 10.0 Å². The first-order valence-electron chi connectivity index (χ1n) is 9.91. The third-order valence-electron chi connectivity index (χ3n) is 5.40. The van der Waals surface area contributed by atoms with E-state index >= 15 is 0 Å². The standard InChI is InChI=1S/C23H23ClN2O5S/c1-14-11-20-17(12-24)9-10-19(22(20)30-14)18-7-5-6-8-21(18)32(27,28)26(13-29-4)23-15(2)16(3)31-25-23/h5-11H,12-13H2,1-4H3. The highest BCUT2D eigenvalue weighted by Crippen LogP contribution is 2.38. The first-order valence-corrected chi connectivity index (χ1v) is 11.9. The van der Waals surface area contributed by atoms with Crippen molar-refractivity contribution in [3.8, 4) is 11.1 Å². The van der Waals surface area contributed by atoms with Gasteiger partial charge < -0.3 is 13.7 Å². The molecule has 168 valence electrons. The second-order valence-electron chi connectivity index (χ2n) is 7.46. The van der Waals surface area contributed by atoms with Crippen molar-refractivity contribution in [2.75, 3.05) is 18.1 Å². The van der Waals surface area contributed by atoms with E-state index in [4.69, 9.17) is 25.3 Å². The Morgan fingerprint density at radius 2 is 1.84 bits per heavy atom. The molecule has 0 N–H and O–H groups in total. The highest BCUT2D eigenvalue weighted by atomic mass is 35.5. The number of alkyl halides is 1. The number of anilines is 1. The molecule has 4 rings (SSSR count). The van der Waals surface area contributed by atoms with Crippen LogP contribution < -0.4 is 4.31 Å². The average molecular weight is 475 g/mol. The van der Waals surface area contributed by atoms with Gasteiger partial charge in [0.15, 0.2) is 5.82 Å². The highest BCUT2D eigenvalue weighted by molar-refractivity contribution is 7.93. The van der Waals surface area contributed by atoms with E-state index in [1.807, 2.05) is 25.1 Å². The zero-order valence-electron chi connectivity index (χ0n) is 18.2. The zero-order chi connectivity index (χ0) is 23.0. The van der Waals surface area contributed by atoms with Crippen LogP contribution in [0, 0.1) is 20.8 Å². The molecule has 9 heteroatoms. The lowest BCUT2D eigenvalue weighted by molar-refractivity contribution is 0.208. The van der Waals surface area contributed by atoms with Crippen molar-refractivity contribution in [2.24, 2.45) is 0 Å². The third-order valence-corrected chi connectivity index (χ3v) is 7.46. The van der Waals surface area contributed by atoms with Crippen LogP contribution in [-0.2, 0) is 20.6 Å². The summed E-state index contributed by atoms with van der Waals surface area (Å²) >= 11 is 6.10. The van der Waals surface area contributed by atoms with Gasteiger partial charge >= 0.3 is 0 Å². The number of ether oxygens (including phenoxy) is 1. The molecule has 2 heterocycles. The number of hydrogen-bond donors (Lipinski definition) is 0. The van der Waals surface area contributed by atoms with E-state index < -0.39 is 10.0 Å². The normalized spacial score (nSPS) is 11.9. The molecule has 0 unspecified atom stereocenters. The van der Waals surface area contributed by atoms with Gasteiger partial charge in [0.1, 0.15) is 23.8 Å². The number of fused-ring (bicyclic) bond motifs is 1. The number of furan rings is 1. The fourth-order valence-electron chi connectivity index (χ4n) is 3.66. The number of nitrogens with zero attached hydrogens (tertiary/aromatic N) is 2. The minimum absolute atomic E-state index is 0.103. The molecule has 0 aliphatic carbocycles. The van der Waals surface area contributed by atoms with E-state index in [1.54, 1.807) is 38.1 Å². The van der Waals surface area contributed by atoms with E-state index in [-0.39, 0.29) is 17.4 Å². The second kappa shape index (κ2) is 8.61.